The molecular formula is C23H27ClN3O2S-. The number of benzene rings is 2. The van der Waals surface area contributed by atoms with E-state index >= 15 is 0 Å². The van der Waals surface area contributed by atoms with E-state index < -0.39 is 0 Å². The first-order valence-electron chi connectivity index (χ1n) is 9.93. The number of thioether (sulfide) groups is 1. The fraction of sp³-hybridized carbons (Fsp3) is 0.304. The van der Waals surface area contributed by atoms with Crippen LogP contribution in [0.4, 0.5) is 0 Å². The van der Waals surface area contributed by atoms with Crippen molar-refractivity contribution in [2.24, 2.45) is 0 Å². The highest BCUT2D eigenvalue weighted by molar-refractivity contribution is 7.99. The Hall–Kier alpha value is -2.28. The molecule has 0 saturated heterocycles. The number of aromatic hydroxyl groups is 1. The van der Waals surface area contributed by atoms with Crippen molar-refractivity contribution in [2.45, 2.75) is 25.4 Å². The van der Waals surface area contributed by atoms with Crippen LogP contribution in [-0.2, 0) is 6.42 Å². The average Bonchev–Trinajstić information content (AvgIpc) is 2.75. The van der Waals surface area contributed by atoms with Crippen molar-refractivity contribution < 1.29 is 17.5 Å². The fourth-order valence-corrected chi connectivity index (χ4v) is 4.19. The van der Waals surface area contributed by atoms with Crippen LogP contribution in [0.1, 0.15) is 25.0 Å². The Kier molecular flexibility index (Phi) is 9.43. The quantitative estimate of drug-likeness (QED) is 0.393. The van der Waals surface area contributed by atoms with Gasteiger partial charge in [0, 0.05) is 18.7 Å². The maximum absolute atomic E-state index is 13.4. The minimum Gasteiger partial charge on any atom is -1.00 e. The zero-order chi connectivity index (χ0) is 20.6. The normalized spacial score (nSPS) is 10.8. The van der Waals surface area contributed by atoms with Crippen LogP contribution in [0.5, 0.6) is 5.88 Å². The first kappa shape index (κ1) is 24.0. The summed E-state index contributed by atoms with van der Waals surface area (Å²) in [5.41, 5.74) is 1.80. The van der Waals surface area contributed by atoms with Crippen LogP contribution in [-0.4, -0.2) is 44.9 Å². The van der Waals surface area contributed by atoms with E-state index in [2.05, 4.69) is 23.7 Å². The highest BCUT2D eigenvalue weighted by Crippen LogP contribution is 2.24. The number of aromatic nitrogens is 2. The van der Waals surface area contributed by atoms with Gasteiger partial charge >= 0.3 is 0 Å². The van der Waals surface area contributed by atoms with Crippen molar-refractivity contribution in [3.63, 3.8) is 0 Å². The molecule has 0 bridgehead atoms. The minimum atomic E-state index is -0.224. The Morgan fingerprint density at radius 3 is 2.20 bits per heavy atom. The van der Waals surface area contributed by atoms with E-state index in [1.165, 1.54) is 11.8 Å². The summed E-state index contributed by atoms with van der Waals surface area (Å²) in [4.78, 5) is 20.1. The molecule has 0 fully saturated rings. The predicted octanol–water partition coefficient (Wildman–Crippen LogP) is 0.967. The predicted molar refractivity (Wildman–Crippen MR) is 119 cm³/mol. The summed E-state index contributed by atoms with van der Waals surface area (Å²) in [6.45, 7) is 7.14. The monoisotopic (exact) mass is 444 g/mol. The topological polar surface area (TPSA) is 58.4 Å². The molecule has 7 heteroatoms. The van der Waals surface area contributed by atoms with E-state index in [4.69, 9.17) is 0 Å². The van der Waals surface area contributed by atoms with Gasteiger partial charge in [-0.1, -0.05) is 74.1 Å². The lowest BCUT2D eigenvalue weighted by atomic mass is 10.1. The van der Waals surface area contributed by atoms with Crippen LogP contribution in [0.25, 0.3) is 5.69 Å². The summed E-state index contributed by atoms with van der Waals surface area (Å²) < 4.78 is 1.62. The van der Waals surface area contributed by atoms with E-state index in [1.807, 2.05) is 60.7 Å². The van der Waals surface area contributed by atoms with Gasteiger partial charge in [-0.3, -0.25) is 9.36 Å². The van der Waals surface area contributed by atoms with Crippen LogP contribution in [0.15, 0.2) is 70.6 Å². The summed E-state index contributed by atoms with van der Waals surface area (Å²) in [6, 6.07) is 19.2. The Bertz CT molecular complexity index is 977. The molecule has 1 heterocycles. The molecule has 2 aromatic carbocycles. The third-order valence-electron chi connectivity index (χ3n) is 4.90. The summed E-state index contributed by atoms with van der Waals surface area (Å²) in [5.74, 6) is 0.606. The number of para-hydroxylation sites is 1. The third kappa shape index (κ3) is 5.88. The summed E-state index contributed by atoms with van der Waals surface area (Å²) in [7, 11) is 0. The lowest BCUT2D eigenvalue weighted by Gasteiger charge is -2.18. The molecule has 1 aromatic heterocycles. The van der Waals surface area contributed by atoms with Crippen molar-refractivity contribution in [3.05, 3.63) is 82.1 Å². The Morgan fingerprint density at radius 2 is 1.60 bits per heavy atom. The smallest absolute Gasteiger partial charge is 0.266 e. The van der Waals surface area contributed by atoms with Crippen LogP contribution in [0.3, 0.4) is 0 Å². The van der Waals surface area contributed by atoms with E-state index in [0.29, 0.717) is 17.1 Å². The molecule has 0 atom stereocenters. The van der Waals surface area contributed by atoms with Crippen molar-refractivity contribution in [1.82, 2.24) is 14.5 Å². The lowest BCUT2D eigenvalue weighted by Crippen LogP contribution is -3.00. The van der Waals surface area contributed by atoms with Gasteiger partial charge in [0.1, 0.15) is 0 Å². The first-order valence-corrected chi connectivity index (χ1v) is 10.9. The van der Waals surface area contributed by atoms with Gasteiger partial charge in [0.25, 0.3) is 5.56 Å². The van der Waals surface area contributed by atoms with Crippen molar-refractivity contribution >= 4 is 11.8 Å². The number of halogens is 1. The molecule has 1 N–H and O–H groups in total. The third-order valence-corrected chi connectivity index (χ3v) is 5.81. The lowest BCUT2D eigenvalue weighted by molar-refractivity contribution is -0.00000719. The second-order valence-corrected chi connectivity index (χ2v) is 7.77. The van der Waals surface area contributed by atoms with Gasteiger partial charge in [0.05, 0.1) is 11.3 Å². The summed E-state index contributed by atoms with van der Waals surface area (Å²) in [5, 5.41) is 11.1. The number of rotatable bonds is 9. The number of hydrogen-bond acceptors (Lipinski definition) is 5. The molecule has 0 aliphatic carbocycles. The SMILES string of the molecule is CCN(CC)CCSc1nc(O)c(Cc2ccccc2)c(=O)n1-c1ccccc1.[Cl-]. The summed E-state index contributed by atoms with van der Waals surface area (Å²) >= 11 is 1.49. The van der Waals surface area contributed by atoms with E-state index in [1.54, 1.807) is 4.57 Å². The van der Waals surface area contributed by atoms with Crippen molar-refractivity contribution in [3.8, 4) is 11.6 Å². The summed E-state index contributed by atoms with van der Waals surface area (Å²) in [6.07, 6.45) is 0.343. The molecular weight excluding hydrogens is 418 g/mol. The molecule has 3 aromatic rings. The fourth-order valence-electron chi connectivity index (χ4n) is 3.19. The molecule has 0 amide bonds. The van der Waals surface area contributed by atoms with Gasteiger partial charge < -0.3 is 22.4 Å². The molecule has 0 aliphatic rings. The van der Waals surface area contributed by atoms with Gasteiger partial charge in [-0.25, -0.2) is 0 Å². The van der Waals surface area contributed by atoms with Crippen molar-refractivity contribution in [1.29, 1.82) is 0 Å². The van der Waals surface area contributed by atoms with Gasteiger partial charge in [-0.15, -0.1) is 0 Å². The molecule has 0 spiro atoms. The molecule has 3 rings (SSSR count). The maximum atomic E-state index is 13.4. The van der Waals surface area contributed by atoms with Crippen molar-refractivity contribution in [2.75, 3.05) is 25.4 Å². The molecule has 0 aliphatic heterocycles. The van der Waals surface area contributed by atoms with Crippen LogP contribution < -0.4 is 18.0 Å². The molecule has 0 saturated carbocycles. The Balaban J connectivity index is 0.00000320. The molecule has 0 radical (unpaired) electrons. The molecule has 5 nitrogen and oxygen atoms in total. The van der Waals surface area contributed by atoms with Gasteiger partial charge in [-0.05, 0) is 30.8 Å². The Labute approximate surface area is 188 Å². The first-order chi connectivity index (χ1) is 14.1. The van der Waals surface area contributed by atoms with E-state index in [0.717, 1.165) is 36.6 Å². The molecule has 0 unspecified atom stereocenters. The van der Waals surface area contributed by atoms with E-state index in [9.17, 15) is 9.90 Å². The molecule has 30 heavy (non-hydrogen) atoms. The van der Waals surface area contributed by atoms with Gasteiger partial charge in [0.15, 0.2) is 5.16 Å². The highest BCUT2D eigenvalue weighted by Gasteiger charge is 2.18. The average molecular weight is 445 g/mol. The number of hydrogen-bond donors (Lipinski definition) is 1. The van der Waals surface area contributed by atoms with Crippen LogP contribution >= 0.6 is 11.8 Å². The van der Waals surface area contributed by atoms with Gasteiger partial charge in [0.2, 0.25) is 5.88 Å². The van der Waals surface area contributed by atoms with Gasteiger partial charge in [-0.2, -0.15) is 4.98 Å². The number of nitrogens with zero attached hydrogens (tertiary/aromatic N) is 3. The standard InChI is InChI=1S/C23H27N3O2S.ClH/c1-3-25(4-2)15-16-29-23-24-21(27)20(17-18-11-7-5-8-12-18)22(28)26(23)19-13-9-6-10-14-19;/h5-14,27H,3-4,15-17H2,1-2H3;1H/p-1. The van der Waals surface area contributed by atoms with E-state index in [-0.39, 0.29) is 23.8 Å². The zero-order valence-electron chi connectivity index (χ0n) is 17.3. The molecule has 160 valence electrons. The largest absolute Gasteiger partial charge is 1.00 e. The Morgan fingerprint density at radius 1 is 1.00 bits per heavy atom. The second-order valence-electron chi connectivity index (χ2n) is 6.71. The second kappa shape index (κ2) is 11.8. The zero-order valence-corrected chi connectivity index (χ0v) is 18.9. The minimum absolute atomic E-state index is 0. The highest BCUT2D eigenvalue weighted by atomic mass is 35.5. The van der Waals surface area contributed by atoms with Crippen LogP contribution in [0, 0.1) is 0 Å². The van der Waals surface area contributed by atoms with Crippen LogP contribution in [0.2, 0.25) is 0 Å². The maximum Gasteiger partial charge on any atom is 0.266 e.